The molecule has 3 atom stereocenters. The molecule has 1 saturated carbocycles. The number of hydrogen-bond acceptors (Lipinski definition) is 3. The summed E-state index contributed by atoms with van der Waals surface area (Å²) >= 11 is 0. The summed E-state index contributed by atoms with van der Waals surface area (Å²) in [5.41, 5.74) is 0.0757. The molecular weight excluding hydrogens is 278 g/mol. The normalized spacial score (nSPS) is 26.6. The highest BCUT2D eigenvalue weighted by atomic mass is 32.2. The van der Waals surface area contributed by atoms with Crippen molar-refractivity contribution in [3.05, 3.63) is 29.8 Å². The zero-order chi connectivity index (χ0) is 14.9. The van der Waals surface area contributed by atoms with E-state index in [9.17, 15) is 13.2 Å². The molecule has 20 heavy (non-hydrogen) atoms. The molecular formula is C14H19NO4S. The SMILES string of the molecule is CC1CCC(NS(=O)(=O)c2ccc(C(=O)O)cc2)C1C. The van der Waals surface area contributed by atoms with Crippen molar-refractivity contribution in [3.63, 3.8) is 0 Å². The zero-order valence-corrected chi connectivity index (χ0v) is 12.4. The number of carboxylic acids is 1. The Hall–Kier alpha value is -1.40. The van der Waals surface area contributed by atoms with E-state index in [1.165, 1.54) is 24.3 Å². The monoisotopic (exact) mass is 297 g/mol. The first-order valence-corrected chi connectivity index (χ1v) is 8.15. The summed E-state index contributed by atoms with van der Waals surface area (Å²) in [5.74, 6) is -0.250. The average molecular weight is 297 g/mol. The van der Waals surface area contributed by atoms with E-state index in [0.29, 0.717) is 11.8 Å². The Morgan fingerprint density at radius 1 is 1.20 bits per heavy atom. The fourth-order valence-corrected chi connectivity index (χ4v) is 3.94. The average Bonchev–Trinajstić information content (AvgIpc) is 2.70. The van der Waals surface area contributed by atoms with Crippen LogP contribution in [0, 0.1) is 11.8 Å². The number of rotatable bonds is 4. The molecule has 2 rings (SSSR count). The Kier molecular flexibility index (Phi) is 4.15. The Morgan fingerprint density at radius 2 is 1.80 bits per heavy atom. The Labute approximate surface area is 119 Å². The number of benzene rings is 1. The van der Waals surface area contributed by atoms with Crippen molar-refractivity contribution in [3.8, 4) is 0 Å². The second-order valence-corrected chi connectivity index (χ2v) is 7.19. The van der Waals surface area contributed by atoms with Gasteiger partial charge in [0.25, 0.3) is 0 Å². The second kappa shape index (κ2) is 5.54. The highest BCUT2D eigenvalue weighted by Crippen LogP contribution is 2.32. The van der Waals surface area contributed by atoms with Crippen LogP contribution in [0.15, 0.2) is 29.2 Å². The largest absolute Gasteiger partial charge is 0.478 e. The number of carbonyl (C=O) groups is 1. The second-order valence-electron chi connectivity index (χ2n) is 5.47. The van der Waals surface area contributed by atoms with Crippen LogP contribution in [0.3, 0.4) is 0 Å². The fraction of sp³-hybridized carbons (Fsp3) is 0.500. The van der Waals surface area contributed by atoms with E-state index in [1.54, 1.807) is 0 Å². The molecule has 1 aliphatic rings. The molecule has 0 spiro atoms. The predicted molar refractivity (Wildman–Crippen MR) is 75.1 cm³/mol. The highest BCUT2D eigenvalue weighted by Gasteiger charge is 2.32. The molecule has 110 valence electrons. The third-order valence-corrected chi connectivity index (χ3v) is 5.69. The third kappa shape index (κ3) is 3.02. The maximum absolute atomic E-state index is 12.3. The summed E-state index contributed by atoms with van der Waals surface area (Å²) in [6.07, 6.45) is 1.86. The highest BCUT2D eigenvalue weighted by molar-refractivity contribution is 7.89. The number of hydrogen-bond donors (Lipinski definition) is 2. The molecule has 1 aliphatic carbocycles. The minimum atomic E-state index is -3.59. The lowest BCUT2D eigenvalue weighted by molar-refractivity contribution is 0.0696. The third-order valence-electron chi connectivity index (χ3n) is 4.18. The molecule has 2 N–H and O–H groups in total. The Balaban J connectivity index is 2.16. The van der Waals surface area contributed by atoms with Crippen molar-refractivity contribution in [2.24, 2.45) is 11.8 Å². The van der Waals surface area contributed by atoms with Crippen LogP contribution in [-0.2, 0) is 10.0 Å². The van der Waals surface area contributed by atoms with E-state index < -0.39 is 16.0 Å². The minimum absolute atomic E-state index is 0.0471. The molecule has 3 unspecified atom stereocenters. The van der Waals surface area contributed by atoms with Gasteiger partial charge in [-0.2, -0.15) is 0 Å². The standard InChI is InChI=1S/C14H19NO4S/c1-9-3-8-13(10(9)2)15-20(18,19)12-6-4-11(5-7-12)14(16)17/h4-7,9-10,13,15H,3,8H2,1-2H3,(H,16,17). The number of sulfonamides is 1. The molecule has 0 saturated heterocycles. The topological polar surface area (TPSA) is 83.5 Å². The van der Waals surface area contributed by atoms with E-state index >= 15 is 0 Å². The van der Waals surface area contributed by atoms with Gasteiger partial charge in [0, 0.05) is 6.04 Å². The summed E-state index contributed by atoms with van der Waals surface area (Å²) in [6.45, 7) is 4.18. The smallest absolute Gasteiger partial charge is 0.335 e. The van der Waals surface area contributed by atoms with Gasteiger partial charge < -0.3 is 5.11 Å². The van der Waals surface area contributed by atoms with Crippen LogP contribution in [0.5, 0.6) is 0 Å². The van der Waals surface area contributed by atoms with Crippen molar-refractivity contribution in [2.75, 3.05) is 0 Å². The lowest BCUT2D eigenvalue weighted by Crippen LogP contribution is -2.37. The zero-order valence-electron chi connectivity index (χ0n) is 11.5. The molecule has 0 amide bonds. The van der Waals surface area contributed by atoms with Gasteiger partial charge in [0.05, 0.1) is 10.5 Å². The molecule has 0 radical (unpaired) electrons. The van der Waals surface area contributed by atoms with Crippen LogP contribution in [0.25, 0.3) is 0 Å². The molecule has 1 aromatic rings. The first-order chi connectivity index (χ1) is 9.31. The quantitative estimate of drug-likeness (QED) is 0.891. The summed E-state index contributed by atoms with van der Waals surface area (Å²) in [6, 6.07) is 5.22. The summed E-state index contributed by atoms with van der Waals surface area (Å²) < 4.78 is 27.3. The van der Waals surface area contributed by atoms with Gasteiger partial charge in [-0.3, -0.25) is 0 Å². The van der Waals surface area contributed by atoms with Gasteiger partial charge in [-0.15, -0.1) is 0 Å². The fourth-order valence-electron chi connectivity index (χ4n) is 2.58. The Bertz CT molecular complexity index is 594. The van der Waals surface area contributed by atoms with Gasteiger partial charge in [0.15, 0.2) is 0 Å². The van der Waals surface area contributed by atoms with E-state index in [0.717, 1.165) is 12.8 Å². The molecule has 0 bridgehead atoms. The molecule has 6 heteroatoms. The van der Waals surface area contributed by atoms with Crippen LogP contribution < -0.4 is 4.72 Å². The van der Waals surface area contributed by atoms with Crippen LogP contribution in [-0.4, -0.2) is 25.5 Å². The lowest BCUT2D eigenvalue weighted by atomic mass is 9.98. The van der Waals surface area contributed by atoms with Gasteiger partial charge in [-0.25, -0.2) is 17.9 Å². The summed E-state index contributed by atoms with van der Waals surface area (Å²) in [4.78, 5) is 10.9. The number of nitrogens with one attached hydrogen (secondary N) is 1. The van der Waals surface area contributed by atoms with E-state index in [1.807, 2.05) is 0 Å². The minimum Gasteiger partial charge on any atom is -0.478 e. The summed E-state index contributed by atoms with van der Waals surface area (Å²) in [5, 5.41) is 8.81. The number of carboxylic acid groups (broad SMARTS) is 1. The van der Waals surface area contributed by atoms with Crippen molar-refractivity contribution in [2.45, 2.75) is 37.6 Å². The predicted octanol–water partition coefficient (Wildman–Crippen LogP) is 2.10. The van der Waals surface area contributed by atoms with Crippen molar-refractivity contribution < 1.29 is 18.3 Å². The van der Waals surface area contributed by atoms with Gasteiger partial charge in [0.1, 0.15) is 0 Å². The van der Waals surface area contributed by atoms with E-state index in [-0.39, 0.29) is 16.5 Å². The van der Waals surface area contributed by atoms with Crippen LogP contribution in [0.2, 0.25) is 0 Å². The molecule has 5 nitrogen and oxygen atoms in total. The molecule has 0 heterocycles. The first kappa shape index (κ1) is 15.0. The van der Waals surface area contributed by atoms with E-state index in [2.05, 4.69) is 18.6 Å². The van der Waals surface area contributed by atoms with E-state index in [4.69, 9.17) is 5.11 Å². The van der Waals surface area contributed by atoms with Crippen molar-refractivity contribution in [1.82, 2.24) is 4.72 Å². The van der Waals surface area contributed by atoms with Gasteiger partial charge in [-0.05, 0) is 48.9 Å². The van der Waals surface area contributed by atoms with Crippen LogP contribution in [0.4, 0.5) is 0 Å². The van der Waals surface area contributed by atoms with Gasteiger partial charge in [0.2, 0.25) is 10.0 Å². The number of aromatic carboxylic acids is 1. The maximum Gasteiger partial charge on any atom is 0.335 e. The maximum atomic E-state index is 12.3. The molecule has 0 aromatic heterocycles. The van der Waals surface area contributed by atoms with Gasteiger partial charge >= 0.3 is 5.97 Å². The Morgan fingerprint density at radius 3 is 2.25 bits per heavy atom. The molecule has 0 aliphatic heterocycles. The van der Waals surface area contributed by atoms with Crippen LogP contribution in [0.1, 0.15) is 37.0 Å². The molecule has 1 fully saturated rings. The van der Waals surface area contributed by atoms with Crippen molar-refractivity contribution >= 4 is 16.0 Å². The first-order valence-electron chi connectivity index (χ1n) is 6.67. The van der Waals surface area contributed by atoms with Crippen LogP contribution >= 0.6 is 0 Å². The summed E-state index contributed by atoms with van der Waals surface area (Å²) in [7, 11) is -3.59. The molecule has 1 aromatic carbocycles. The lowest BCUT2D eigenvalue weighted by Gasteiger charge is -2.19. The van der Waals surface area contributed by atoms with Crippen molar-refractivity contribution in [1.29, 1.82) is 0 Å². The van der Waals surface area contributed by atoms with Gasteiger partial charge in [-0.1, -0.05) is 13.8 Å².